The Labute approximate surface area is 352 Å². The van der Waals surface area contributed by atoms with Gasteiger partial charge in [0.2, 0.25) is 0 Å². The van der Waals surface area contributed by atoms with E-state index >= 15 is 0 Å². The topological polar surface area (TPSA) is 0 Å². The molecule has 1 aliphatic carbocycles. The summed E-state index contributed by atoms with van der Waals surface area (Å²) >= 11 is 1.92. The van der Waals surface area contributed by atoms with E-state index in [2.05, 4.69) is 208 Å². The molecule has 0 N–H and O–H groups in total. The summed E-state index contributed by atoms with van der Waals surface area (Å²) in [7, 11) is 0. The molecule has 0 nitrogen and oxygen atoms in total. The first-order valence-corrected chi connectivity index (χ1v) is 21.8. The summed E-state index contributed by atoms with van der Waals surface area (Å²) < 4.78 is 2.73. The third-order valence-corrected chi connectivity index (χ3v) is 14.7. The van der Waals surface area contributed by atoms with Crippen LogP contribution in [0.3, 0.4) is 0 Å². The zero-order chi connectivity index (χ0) is 39.7. The van der Waals surface area contributed by atoms with Crippen LogP contribution in [-0.2, 0) is 5.41 Å². The Morgan fingerprint density at radius 1 is 0.317 bits per heavy atom. The molecule has 11 aromatic carbocycles. The molecule has 60 heavy (non-hydrogen) atoms. The Morgan fingerprint density at radius 2 is 0.850 bits per heavy atom. The predicted octanol–water partition coefficient (Wildman–Crippen LogP) is 17.1. The summed E-state index contributed by atoms with van der Waals surface area (Å²) in [5, 5.41) is 15.5. The fourth-order valence-corrected chi connectivity index (χ4v) is 11.8. The molecule has 1 heteroatoms. The van der Waals surface area contributed by atoms with Gasteiger partial charge in [0.1, 0.15) is 0 Å². The molecule has 0 radical (unpaired) electrons. The molecule has 0 atom stereocenters. The summed E-state index contributed by atoms with van der Waals surface area (Å²) in [4.78, 5) is 0. The molecule has 0 spiro atoms. The third-order valence-electron chi connectivity index (χ3n) is 13.6. The van der Waals surface area contributed by atoms with Crippen molar-refractivity contribution in [1.29, 1.82) is 0 Å². The van der Waals surface area contributed by atoms with Crippen molar-refractivity contribution >= 4 is 85.4 Å². The molecule has 0 unspecified atom stereocenters. The predicted molar refractivity (Wildman–Crippen MR) is 261 cm³/mol. The first-order chi connectivity index (χ1) is 29.5. The van der Waals surface area contributed by atoms with Crippen molar-refractivity contribution in [2.75, 3.05) is 0 Å². The molecule has 1 aromatic heterocycles. The lowest BCUT2D eigenvalue weighted by Crippen LogP contribution is -2.14. The molecular formula is C59H38S. The van der Waals surface area contributed by atoms with Gasteiger partial charge >= 0.3 is 0 Å². The van der Waals surface area contributed by atoms with E-state index in [0.29, 0.717) is 0 Å². The van der Waals surface area contributed by atoms with Crippen molar-refractivity contribution < 1.29 is 0 Å². The number of benzene rings is 11. The van der Waals surface area contributed by atoms with E-state index < -0.39 is 0 Å². The average molecular weight is 779 g/mol. The maximum Gasteiger partial charge on any atom is 0.0361 e. The van der Waals surface area contributed by atoms with Gasteiger partial charge < -0.3 is 0 Å². The van der Waals surface area contributed by atoms with E-state index in [9.17, 15) is 0 Å². The van der Waals surface area contributed by atoms with E-state index in [4.69, 9.17) is 0 Å². The van der Waals surface area contributed by atoms with E-state index in [-0.39, 0.29) is 5.41 Å². The molecule has 0 bridgehead atoms. The van der Waals surface area contributed by atoms with Crippen LogP contribution in [0.4, 0.5) is 0 Å². The van der Waals surface area contributed by atoms with Crippen LogP contribution in [0.15, 0.2) is 194 Å². The second-order valence-corrected chi connectivity index (χ2v) is 18.3. The Bertz CT molecular complexity index is 3740. The lowest BCUT2D eigenvalue weighted by molar-refractivity contribution is 0.661. The van der Waals surface area contributed by atoms with Gasteiger partial charge in [-0.05, 0) is 146 Å². The standard InChI is InChI=1S/C59H38S/c1-59(2)52-32-40(26-28-44(52)50-33-51-55(34-53(50)59)60-54-29-27-36-13-4-6-16-43(36)58(51)54)38-22-23-39-31-41(25-24-37(39)30-38)56-46-17-7-9-19-48(46)57(49-20-10-8-18-47(49)56)45-21-11-14-35-12-3-5-15-42(35)45/h3-34H,1-2H3. The van der Waals surface area contributed by atoms with Crippen molar-refractivity contribution in [2.45, 2.75) is 19.3 Å². The molecular weight excluding hydrogens is 741 g/mol. The Morgan fingerprint density at radius 3 is 1.58 bits per heavy atom. The van der Waals surface area contributed by atoms with Crippen LogP contribution in [0, 0.1) is 0 Å². The van der Waals surface area contributed by atoms with Gasteiger partial charge in [-0.2, -0.15) is 0 Å². The second kappa shape index (κ2) is 12.5. The Balaban J connectivity index is 0.919. The average Bonchev–Trinajstić information content (AvgIpc) is 3.77. The van der Waals surface area contributed by atoms with Crippen LogP contribution < -0.4 is 0 Å². The van der Waals surface area contributed by atoms with Gasteiger partial charge in [0, 0.05) is 25.6 Å². The van der Waals surface area contributed by atoms with Gasteiger partial charge in [0.15, 0.2) is 0 Å². The minimum atomic E-state index is -0.104. The van der Waals surface area contributed by atoms with E-state index in [1.54, 1.807) is 0 Å². The molecule has 0 aliphatic heterocycles. The smallest absolute Gasteiger partial charge is 0.0361 e. The largest absolute Gasteiger partial charge is 0.135 e. The van der Waals surface area contributed by atoms with E-state index in [1.807, 2.05) is 11.3 Å². The first-order valence-electron chi connectivity index (χ1n) is 21.0. The van der Waals surface area contributed by atoms with Gasteiger partial charge in [-0.3, -0.25) is 0 Å². The molecule has 0 saturated carbocycles. The van der Waals surface area contributed by atoms with Gasteiger partial charge in [-0.1, -0.05) is 172 Å². The van der Waals surface area contributed by atoms with Crippen molar-refractivity contribution in [3.8, 4) is 44.5 Å². The van der Waals surface area contributed by atoms with Crippen LogP contribution in [0.25, 0.3) is 119 Å². The minimum Gasteiger partial charge on any atom is -0.135 e. The Kier molecular flexibility index (Phi) is 7.04. The molecule has 13 rings (SSSR count). The first kappa shape index (κ1) is 33.9. The van der Waals surface area contributed by atoms with E-state index in [0.717, 1.165) is 0 Å². The van der Waals surface area contributed by atoms with Gasteiger partial charge in [0.05, 0.1) is 0 Å². The van der Waals surface area contributed by atoms with Crippen molar-refractivity contribution in [1.82, 2.24) is 0 Å². The summed E-state index contributed by atoms with van der Waals surface area (Å²) in [6.07, 6.45) is 0. The number of rotatable bonds is 3. The molecule has 1 aliphatic rings. The number of hydrogen-bond acceptors (Lipinski definition) is 1. The number of thiophene rings is 1. The molecule has 1 heterocycles. The van der Waals surface area contributed by atoms with Crippen LogP contribution in [0.5, 0.6) is 0 Å². The zero-order valence-corrected chi connectivity index (χ0v) is 34.2. The normalized spacial score (nSPS) is 13.3. The summed E-state index contributed by atoms with van der Waals surface area (Å²) in [6, 6.07) is 73.0. The highest BCUT2D eigenvalue weighted by Gasteiger charge is 2.36. The second-order valence-electron chi connectivity index (χ2n) is 17.2. The highest BCUT2D eigenvalue weighted by molar-refractivity contribution is 7.26. The minimum absolute atomic E-state index is 0.104. The third kappa shape index (κ3) is 4.79. The fourth-order valence-electron chi connectivity index (χ4n) is 10.7. The SMILES string of the molecule is CC1(C)c2cc(-c3ccc4cc(-c5c6ccccc6c(-c6cccc7ccccc67)c6ccccc56)ccc4c3)ccc2-c2cc3c(cc21)sc1ccc2ccccc2c13. The molecule has 0 amide bonds. The van der Waals surface area contributed by atoms with Crippen LogP contribution in [-0.4, -0.2) is 0 Å². The monoisotopic (exact) mass is 778 g/mol. The molecule has 12 aromatic rings. The summed E-state index contributed by atoms with van der Waals surface area (Å²) in [5.41, 5.74) is 13.1. The Hall–Kier alpha value is -7.06. The van der Waals surface area contributed by atoms with Crippen molar-refractivity contribution in [3.63, 3.8) is 0 Å². The van der Waals surface area contributed by atoms with Crippen LogP contribution >= 0.6 is 11.3 Å². The van der Waals surface area contributed by atoms with Crippen molar-refractivity contribution in [3.05, 3.63) is 205 Å². The highest BCUT2D eigenvalue weighted by atomic mass is 32.1. The van der Waals surface area contributed by atoms with Crippen LogP contribution in [0.2, 0.25) is 0 Å². The van der Waals surface area contributed by atoms with Gasteiger partial charge in [0.25, 0.3) is 0 Å². The van der Waals surface area contributed by atoms with Crippen LogP contribution in [0.1, 0.15) is 25.0 Å². The summed E-state index contributed by atoms with van der Waals surface area (Å²) in [6.45, 7) is 4.81. The number of fused-ring (bicyclic) bond motifs is 12. The quantitative estimate of drug-likeness (QED) is 0.157. The van der Waals surface area contributed by atoms with Gasteiger partial charge in [-0.15, -0.1) is 11.3 Å². The highest BCUT2D eigenvalue weighted by Crippen LogP contribution is 2.53. The number of hydrogen-bond donors (Lipinski definition) is 0. The molecule has 0 fully saturated rings. The summed E-state index contributed by atoms with van der Waals surface area (Å²) in [5.74, 6) is 0. The molecule has 280 valence electrons. The zero-order valence-electron chi connectivity index (χ0n) is 33.4. The van der Waals surface area contributed by atoms with Crippen molar-refractivity contribution in [2.24, 2.45) is 0 Å². The van der Waals surface area contributed by atoms with Gasteiger partial charge in [-0.25, -0.2) is 0 Å². The fraction of sp³-hybridized carbons (Fsp3) is 0.0508. The maximum absolute atomic E-state index is 2.49. The van der Waals surface area contributed by atoms with E-state index in [1.165, 1.54) is 130 Å². The lowest BCUT2D eigenvalue weighted by atomic mass is 9.81. The lowest BCUT2D eigenvalue weighted by Gasteiger charge is -2.22. The molecule has 0 saturated heterocycles. The maximum atomic E-state index is 2.49.